The van der Waals surface area contributed by atoms with Crippen molar-refractivity contribution in [3.05, 3.63) is 64.1 Å². The van der Waals surface area contributed by atoms with Crippen LogP contribution < -0.4 is 4.72 Å². The van der Waals surface area contributed by atoms with Crippen LogP contribution in [0, 0.1) is 0 Å². The van der Waals surface area contributed by atoms with Gasteiger partial charge in [0.1, 0.15) is 4.90 Å². The first kappa shape index (κ1) is 18.2. The molecule has 0 aliphatic heterocycles. The van der Waals surface area contributed by atoms with E-state index < -0.39 is 10.0 Å². The minimum atomic E-state index is -3.68. The van der Waals surface area contributed by atoms with Crippen LogP contribution in [0.2, 0.25) is 10.0 Å². The first-order chi connectivity index (χ1) is 10.8. The van der Waals surface area contributed by atoms with Crippen molar-refractivity contribution in [2.24, 2.45) is 0 Å². The van der Waals surface area contributed by atoms with Gasteiger partial charge in [0.25, 0.3) is 0 Å². The molecule has 0 bridgehead atoms. The number of benzene rings is 2. The Morgan fingerprint density at radius 1 is 1.09 bits per heavy atom. The molecule has 23 heavy (non-hydrogen) atoms. The van der Waals surface area contributed by atoms with E-state index in [9.17, 15) is 8.42 Å². The summed E-state index contributed by atoms with van der Waals surface area (Å²) in [5.41, 5.74) is 0.935. The average Bonchev–Trinajstić information content (AvgIpc) is 2.47. The highest BCUT2D eigenvalue weighted by Gasteiger charge is 2.21. The largest absolute Gasteiger partial charge is 0.301 e. The van der Waals surface area contributed by atoms with Crippen LogP contribution in [0.15, 0.2) is 53.4 Å². The van der Waals surface area contributed by atoms with Gasteiger partial charge in [0.15, 0.2) is 0 Å². The van der Waals surface area contributed by atoms with Crippen molar-refractivity contribution in [2.45, 2.75) is 10.9 Å². The topological polar surface area (TPSA) is 49.4 Å². The van der Waals surface area contributed by atoms with Gasteiger partial charge in [-0.25, -0.2) is 13.1 Å². The Labute approximate surface area is 147 Å². The predicted octanol–water partition coefficient (Wildman–Crippen LogP) is 3.57. The van der Waals surface area contributed by atoms with E-state index in [-0.39, 0.29) is 22.5 Å². The number of sulfonamides is 1. The van der Waals surface area contributed by atoms with Gasteiger partial charge in [0.2, 0.25) is 10.0 Å². The number of nitrogens with zero attached hydrogens (tertiary/aromatic N) is 1. The van der Waals surface area contributed by atoms with E-state index in [0.29, 0.717) is 5.02 Å². The Bertz CT molecular complexity index is 779. The minimum Gasteiger partial charge on any atom is -0.301 e. The third-order valence-corrected chi connectivity index (χ3v) is 5.61. The maximum atomic E-state index is 12.4. The van der Waals surface area contributed by atoms with Crippen LogP contribution >= 0.6 is 23.2 Å². The second-order valence-electron chi connectivity index (χ2n) is 5.32. The summed E-state index contributed by atoms with van der Waals surface area (Å²) >= 11 is 12.0. The maximum Gasteiger partial charge on any atom is 0.242 e. The van der Waals surface area contributed by atoms with Crippen LogP contribution in [-0.4, -0.2) is 34.0 Å². The maximum absolute atomic E-state index is 12.4. The highest BCUT2D eigenvalue weighted by molar-refractivity contribution is 7.89. The third-order valence-electron chi connectivity index (χ3n) is 3.45. The Morgan fingerprint density at radius 2 is 1.78 bits per heavy atom. The highest BCUT2D eigenvalue weighted by atomic mass is 35.5. The molecule has 1 unspecified atom stereocenters. The van der Waals surface area contributed by atoms with Gasteiger partial charge in [-0.3, -0.25) is 0 Å². The second kappa shape index (κ2) is 7.64. The van der Waals surface area contributed by atoms with Gasteiger partial charge in [-0.15, -0.1) is 0 Å². The van der Waals surface area contributed by atoms with Crippen molar-refractivity contribution >= 4 is 33.2 Å². The summed E-state index contributed by atoms with van der Waals surface area (Å²) in [4.78, 5) is 2.01. The van der Waals surface area contributed by atoms with Crippen molar-refractivity contribution in [1.29, 1.82) is 0 Å². The predicted molar refractivity (Wildman–Crippen MR) is 94.5 cm³/mol. The molecule has 0 saturated carbocycles. The van der Waals surface area contributed by atoms with Gasteiger partial charge < -0.3 is 4.90 Å². The summed E-state index contributed by atoms with van der Waals surface area (Å²) in [5.74, 6) is 0. The molecule has 124 valence electrons. The first-order valence-electron chi connectivity index (χ1n) is 6.97. The van der Waals surface area contributed by atoms with E-state index in [1.54, 1.807) is 24.3 Å². The van der Waals surface area contributed by atoms with Gasteiger partial charge in [-0.1, -0.05) is 47.5 Å². The molecule has 0 heterocycles. The molecule has 2 aromatic carbocycles. The molecule has 0 radical (unpaired) electrons. The summed E-state index contributed by atoms with van der Waals surface area (Å²) in [5, 5.41) is 0.812. The fraction of sp³-hybridized carbons (Fsp3) is 0.250. The number of rotatable bonds is 6. The summed E-state index contributed by atoms with van der Waals surface area (Å²) in [6, 6.07) is 13.6. The van der Waals surface area contributed by atoms with E-state index in [2.05, 4.69) is 4.72 Å². The molecular weight excluding hydrogens is 355 g/mol. The summed E-state index contributed by atoms with van der Waals surface area (Å²) < 4.78 is 27.5. The number of nitrogens with one attached hydrogen (secondary N) is 1. The smallest absolute Gasteiger partial charge is 0.242 e. The molecular formula is C16H18Cl2N2O2S. The van der Waals surface area contributed by atoms with Crippen LogP contribution in [0.25, 0.3) is 0 Å². The normalized spacial score (nSPS) is 13.3. The molecule has 0 aliphatic carbocycles. The summed E-state index contributed by atoms with van der Waals surface area (Å²) in [6.07, 6.45) is 0. The van der Waals surface area contributed by atoms with Crippen LogP contribution in [-0.2, 0) is 10.0 Å². The molecule has 4 nitrogen and oxygen atoms in total. The van der Waals surface area contributed by atoms with E-state index in [1.807, 2.05) is 37.2 Å². The minimum absolute atomic E-state index is 0.0743. The fourth-order valence-corrected chi connectivity index (χ4v) is 4.00. The van der Waals surface area contributed by atoms with Gasteiger partial charge in [-0.2, -0.15) is 0 Å². The Balaban J connectivity index is 2.21. The lowest BCUT2D eigenvalue weighted by Gasteiger charge is -2.25. The van der Waals surface area contributed by atoms with Gasteiger partial charge >= 0.3 is 0 Å². The zero-order chi connectivity index (χ0) is 17.0. The van der Waals surface area contributed by atoms with E-state index >= 15 is 0 Å². The van der Waals surface area contributed by atoms with Gasteiger partial charge in [0, 0.05) is 17.6 Å². The van der Waals surface area contributed by atoms with Crippen LogP contribution in [0.4, 0.5) is 0 Å². The van der Waals surface area contributed by atoms with Crippen molar-refractivity contribution < 1.29 is 8.42 Å². The average molecular weight is 373 g/mol. The lowest BCUT2D eigenvalue weighted by molar-refractivity contribution is 0.299. The highest BCUT2D eigenvalue weighted by Crippen LogP contribution is 2.23. The van der Waals surface area contributed by atoms with Crippen molar-refractivity contribution in [3.8, 4) is 0 Å². The van der Waals surface area contributed by atoms with Crippen molar-refractivity contribution in [1.82, 2.24) is 9.62 Å². The molecule has 0 aromatic heterocycles. The van der Waals surface area contributed by atoms with E-state index in [4.69, 9.17) is 23.2 Å². The van der Waals surface area contributed by atoms with Crippen molar-refractivity contribution in [2.75, 3.05) is 20.6 Å². The molecule has 7 heteroatoms. The van der Waals surface area contributed by atoms with Crippen LogP contribution in [0.3, 0.4) is 0 Å². The third kappa shape index (κ3) is 4.68. The summed E-state index contributed by atoms with van der Waals surface area (Å²) in [6.45, 7) is 0.209. The first-order valence-corrected chi connectivity index (χ1v) is 9.21. The second-order valence-corrected chi connectivity index (χ2v) is 7.90. The molecule has 2 aromatic rings. The quantitative estimate of drug-likeness (QED) is 0.842. The zero-order valence-electron chi connectivity index (χ0n) is 12.8. The Morgan fingerprint density at radius 3 is 2.39 bits per heavy atom. The Hall–Kier alpha value is -1.11. The molecule has 0 fully saturated rings. The monoisotopic (exact) mass is 372 g/mol. The Kier molecular flexibility index (Phi) is 6.06. The van der Waals surface area contributed by atoms with E-state index in [0.717, 1.165) is 5.56 Å². The number of hydrogen-bond acceptors (Lipinski definition) is 3. The standard InChI is InChI=1S/C16H18Cl2N2O2S/c1-20(2)15(12-6-5-7-13(17)10-12)11-19-23(21,22)16-9-4-3-8-14(16)18/h3-10,15,19H,11H2,1-2H3. The molecule has 2 rings (SSSR count). The van der Waals surface area contributed by atoms with E-state index in [1.165, 1.54) is 6.07 Å². The molecule has 0 aliphatic rings. The number of hydrogen-bond donors (Lipinski definition) is 1. The van der Waals surface area contributed by atoms with Gasteiger partial charge in [-0.05, 0) is 43.9 Å². The molecule has 0 saturated heterocycles. The lowest BCUT2D eigenvalue weighted by Crippen LogP contribution is -2.34. The molecule has 0 amide bonds. The summed E-state index contributed by atoms with van der Waals surface area (Å²) in [7, 11) is 0.0893. The number of halogens is 2. The molecule has 0 spiro atoms. The van der Waals surface area contributed by atoms with Crippen molar-refractivity contribution in [3.63, 3.8) is 0 Å². The molecule has 1 atom stereocenters. The SMILES string of the molecule is CN(C)C(CNS(=O)(=O)c1ccccc1Cl)c1cccc(Cl)c1. The fourth-order valence-electron chi connectivity index (χ4n) is 2.24. The lowest BCUT2D eigenvalue weighted by atomic mass is 10.1. The van der Waals surface area contributed by atoms with Crippen LogP contribution in [0.1, 0.15) is 11.6 Å². The molecule has 1 N–H and O–H groups in total. The van der Waals surface area contributed by atoms with Crippen LogP contribution in [0.5, 0.6) is 0 Å². The number of likely N-dealkylation sites (N-methyl/N-ethyl adjacent to an activating group) is 1. The zero-order valence-corrected chi connectivity index (χ0v) is 15.2. The van der Waals surface area contributed by atoms with Gasteiger partial charge in [0.05, 0.1) is 5.02 Å².